The molecule has 0 aliphatic carbocycles. The largest absolute Gasteiger partial charge is 0.394 e. The van der Waals surface area contributed by atoms with Crippen molar-refractivity contribution in [3.05, 3.63) is 158 Å². The van der Waals surface area contributed by atoms with Crippen LogP contribution in [0.3, 0.4) is 0 Å². The van der Waals surface area contributed by atoms with Gasteiger partial charge in [-0.15, -0.1) is 0 Å². The van der Waals surface area contributed by atoms with E-state index in [0.717, 1.165) is 122 Å². The van der Waals surface area contributed by atoms with Gasteiger partial charge in [-0.25, -0.2) is 0 Å². The van der Waals surface area contributed by atoms with Gasteiger partial charge in [0.1, 0.15) is 48.8 Å². The molecule has 14 nitrogen and oxygen atoms in total. The van der Waals surface area contributed by atoms with Crippen molar-refractivity contribution in [1.29, 1.82) is 0 Å². The molecule has 0 bridgehead atoms. The van der Waals surface area contributed by atoms with Crippen molar-refractivity contribution in [2.45, 2.75) is 331 Å². The fourth-order valence-corrected chi connectivity index (χ4v) is 11.2. The second kappa shape index (κ2) is 64.0. The van der Waals surface area contributed by atoms with Crippen molar-refractivity contribution < 1.29 is 64.6 Å². The third kappa shape index (κ3) is 46.8. The minimum Gasteiger partial charge on any atom is -0.394 e. The first-order valence-electron chi connectivity index (χ1n) is 37.7. The number of allylic oxidation sites excluding steroid dienone is 25. The average Bonchev–Trinajstić information content (AvgIpc) is 0.806. The monoisotopic (exact) mass is 1340 g/mol. The molecule has 0 aromatic carbocycles. The Bertz CT molecular complexity index is 2220. The highest BCUT2D eigenvalue weighted by Crippen LogP contribution is 2.30. The van der Waals surface area contributed by atoms with E-state index in [2.05, 4.69) is 165 Å². The molecule has 2 saturated heterocycles. The van der Waals surface area contributed by atoms with Crippen LogP contribution in [0.15, 0.2) is 158 Å². The van der Waals surface area contributed by atoms with Crippen LogP contribution in [0.25, 0.3) is 0 Å². The number of nitrogens with one attached hydrogen (secondary N) is 1. The zero-order valence-corrected chi connectivity index (χ0v) is 59.5. The normalized spacial score (nSPS) is 23.2. The van der Waals surface area contributed by atoms with Gasteiger partial charge >= 0.3 is 0 Å². The number of hydrogen-bond acceptors (Lipinski definition) is 13. The van der Waals surface area contributed by atoms with Gasteiger partial charge in [0.15, 0.2) is 12.6 Å². The number of carbonyl (C=O) groups excluding carboxylic acids is 1. The fraction of sp³-hybridized carbons (Fsp3) is 0.671. The van der Waals surface area contributed by atoms with E-state index in [9.17, 15) is 45.6 Å². The van der Waals surface area contributed by atoms with Crippen LogP contribution in [0.2, 0.25) is 0 Å². The summed E-state index contributed by atoms with van der Waals surface area (Å²) in [5, 5.41) is 87.5. The molecule has 2 rings (SSSR count). The molecule has 9 N–H and O–H groups in total. The first kappa shape index (κ1) is 87.7. The van der Waals surface area contributed by atoms with Gasteiger partial charge in [-0.3, -0.25) is 4.79 Å². The summed E-state index contributed by atoms with van der Waals surface area (Å²) in [6, 6.07) is -0.956. The van der Waals surface area contributed by atoms with Crippen LogP contribution in [-0.4, -0.2) is 140 Å². The molecular weight excluding hydrogens is 1210 g/mol. The maximum absolute atomic E-state index is 13.4. The second-order valence-electron chi connectivity index (χ2n) is 25.7. The van der Waals surface area contributed by atoms with Crippen molar-refractivity contribution in [3.63, 3.8) is 0 Å². The molecule has 2 aliphatic heterocycles. The Labute approximate surface area is 582 Å². The van der Waals surface area contributed by atoms with Crippen molar-refractivity contribution in [1.82, 2.24) is 5.32 Å². The van der Waals surface area contributed by atoms with Crippen LogP contribution in [0.5, 0.6) is 0 Å². The Balaban J connectivity index is 1.67. The van der Waals surface area contributed by atoms with E-state index in [0.29, 0.717) is 12.8 Å². The number of unbranched alkanes of at least 4 members (excludes halogenated alkanes) is 23. The third-order valence-corrected chi connectivity index (χ3v) is 17.2. The van der Waals surface area contributed by atoms with Crippen LogP contribution >= 0.6 is 0 Å². The van der Waals surface area contributed by atoms with Crippen LogP contribution < -0.4 is 5.32 Å². The molecule has 2 aliphatic rings. The van der Waals surface area contributed by atoms with Crippen LogP contribution in [0.4, 0.5) is 0 Å². The fourth-order valence-electron chi connectivity index (χ4n) is 11.2. The Morgan fingerprint density at radius 1 is 0.385 bits per heavy atom. The van der Waals surface area contributed by atoms with E-state index >= 15 is 0 Å². The van der Waals surface area contributed by atoms with Crippen molar-refractivity contribution in [3.8, 4) is 0 Å². The highest BCUT2D eigenvalue weighted by atomic mass is 16.7. The summed E-state index contributed by atoms with van der Waals surface area (Å²) in [4.78, 5) is 13.4. The molecule has 2 heterocycles. The van der Waals surface area contributed by atoms with Gasteiger partial charge in [0.25, 0.3) is 0 Å². The first-order valence-corrected chi connectivity index (χ1v) is 37.7. The molecule has 0 aromatic heterocycles. The first-order chi connectivity index (χ1) is 47.1. The zero-order chi connectivity index (χ0) is 69.4. The molecular formula is C82H135NO13. The van der Waals surface area contributed by atoms with Gasteiger partial charge in [-0.2, -0.15) is 0 Å². The average molecular weight is 1340 g/mol. The highest BCUT2D eigenvalue weighted by Gasteiger charge is 2.51. The molecule has 0 spiro atoms. The molecule has 0 radical (unpaired) electrons. The lowest BCUT2D eigenvalue weighted by Gasteiger charge is -2.46. The second-order valence-corrected chi connectivity index (χ2v) is 25.7. The van der Waals surface area contributed by atoms with Crippen LogP contribution in [0, 0.1) is 0 Å². The van der Waals surface area contributed by atoms with E-state index in [1.54, 1.807) is 6.08 Å². The molecule has 96 heavy (non-hydrogen) atoms. The quantitative estimate of drug-likeness (QED) is 0.0204. The van der Waals surface area contributed by atoms with Crippen molar-refractivity contribution >= 4 is 5.91 Å². The molecule has 0 aromatic rings. The molecule has 12 atom stereocenters. The van der Waals surface area contributed by atoms with E-state index < -0.39 is 86.8 Å². The Morgan fingerprint density at radius 3 is 1.15 bits per heavy atom. The summed E-state index contributed by atoms with van der Waals surface area (Å²) >= 11 is 0. The van der Waals surface area contributed by atoms with Gasteiger partial charge in [0, 0.05) is 6.42 Å². The number of amides is 1. The lowest BCUT2D eigenvalue weighted by atomic mass is 9.97. The molecule has 546 valence electrons. The SMILES string of the molecule is CC/C=C\C/C=C\C/C=C\C/C=C\C/C=C\C/C=C\C/C=C\C/C=C\C/C=C\C/C=C\CCCCCCCCCCC(=O)NC(COC1OC(CO)C(OC2OC(CO)C(O)C(O)C2O)C(O)C1O)C(O)/C=C/CC/C=C/CC/C=C/CCCCCCCCCCCCCCC. The molecule has 1 amide bonds. The zero-order valence-electron chi connectivity index (χ0n) is 59.5. The summed E-state index contributed by atoms with van der Waals surface area (Å²) in [5.74, 6) is -0.267. The van der Waals surface area contributed by atoms with E-state index in [1.807, 2.05) is 6.08 Å². The van der Waals surface area contributed by atoms with Crippen LogP contribution in [-0.2, 0) is 23.7 Å². The van der Waals surface area contributed by atoms with Crippen LogP contribution in [0.1, 0.15) is 258 Å². The minimum atomic E-state index is -1.80. The number of ether oxygens (including phenoxy) is 4. The number of carbonyl (C=O) groups is 1. The summed E-state index contributed by atoms with van der Waals surface area (Å²) in [6.45, 7) is 2.66. The van der Waals surface area contributed by atoms with Gasteiger partial charge in [0.05, 0.1) is 32.0 Å². The summed E-state index contributed by atoms with van der Waals surface area (Å²) in [6.07, 6.45) is 81.5. The number of hydrogen-bond donors (Lipinski definition) is 9. The topological polar surface area (TPSA) is 228 Å². The van der Waals surface area contributed by atoms with Crippen molar-refractivity contribution in [2.24, 2.45) is 0 Å². The number of rotatable bonds is 60. The minimum absolute atomic E-state index is 0.250. The van der Waals surface area contributed by atoms with E-state index in [4.69, 9.17) is 18.9 Å². The van der Waals surface area contributed by atoms with Crippen molar-refractivity contribution in [2.75, 3.05) is 19.8 Å². The lowest BCUT2D eigenvalue weighted by Crippen LogP contribution is -2.65. The van der Waals surface area contributed by atoms with Gasteiger partial charge in [-0.1, -0.05) is 287 Å². The predicted molar refractivity (Wildman–Crippen MR) is 396 cm³/mol. The number of aliphatic hydroxyl groups is 8. The highest BCUT2D eigenvalue weighted by molar-refractivity contribution is 5.76. The Kier molecular flexibility index (Phi) is 58.5. The van der Waals surface area contributed by atoms with Gasteiger partial charge in [0.2, 0.25) is 5.91 Å². The molecule has 2 fully saturated rings. The van der Waals surface area contributed by atoms with E-state index in [-0.39, 0.29) is 18.9 Å². The smallest absolute Gasteiger partial charge is 0.220 e. The maximum Gasteiger partial charge on any atom is 0.220 e. The standard InChI is InChI=1S/C82H135NO13/c1-3-5-7-9-11-13-15-17-19-21-23-25-27-28-29-30-31-32-33-34-35-36-37-38-39-40-41-42-44-46-48-50-52-54-56-58-60-62-64-66-74(87)83-70(69-93-81-79(92)77(90)80(73(68-85)95-81)96-82-78(91)76(89)75(88)72(67-84)94-82)71(86)65-63-61-59-57-55-53-51-49-47-45-43-26-24-22-20-18-16-14-12-10-8-6-4-2/h5,7,11,13,17,19,23,25,28-29,31-32,34-35,37-38,40-41,44,46-47,49,55,57,63,65,70-73,75-82,84-86,88-92H,3-4,6,8-10,12,14-16,18,20-22,24,26-27,30,33,36,39,42-43,45,48,50-54,56,58-62,64,66-69H2,1-2H3,(H,83,87)/b7-5-,13-11-,19-17-,25-23-,29-28-,32-31-,35-34-,38-37-,41-40-,46-44-,49-47+,57-55+,65-63+. The summed E-state index contributed by atoms with van der Waals surface area (Å²) < 4.78 is 22.8. The Hall–Kier alpha value is -4.39. The molecule has 14 heteroatoms. The Morgan fingerprint density at radius 2 is 0.729 bits per heavy atom. The van der Waals surface area contributed by atoms with Gasteiger partial charge < -0.3 is 65.1 Å². The summed E-state index contributed by atoms with van der Waals surface area (Å²) in [5.41, 5.74) is 0. The maximum atomic E-state index is 13.4. The number of aliphatic hydroxyl groups excluding tert-OH is 8. The lowest BCUT2D eigenvalue weighted by molar-refractivity contribution is -0.359. The van der Waals surface area contributed by atoms with E-state index in [1.165, 1.54) is 103 Å². The molecule has 0 saturated carbocycles. The third-order valence-electron chi connectivity index (χ3n) is 17.2. The van der Waals surface area contributed by atoms with Gasteiger partial charge in [-0.05, 0) is 122 Å². The molecule has 12 unspecified atom stereocenters. The summed E-state index contributed by atoms with van der Waals surface area (Å²) in [7, 11) is 0. The predicted octanol–water partition coefficient (Wildman–Crippen LogP) is 16.6.